The lowest BCUT2D eigenvalue weighted by Crippen LogP contribution is -2.51. The highest BCUT2D eigenvalue weighted by molar-refractivity contribution is 4.86. The van der Waals surface area contributed by atoms with Gasteiger partial charge in [-0.25, -0.2) is 0 Å². The van der Waals surface area contributed by atoms with E-state index in [1.165, 1.54) is 58.5 Å². The van der Waals surface area contributed by atoms with E-state index in [-0.39, 0.29) is 0 Å². The van der Waals surface area contributed by atoms with Crippen molar-refractivity contribution in [3.05, 3.63) is 0 Å². The summed E-state index contributed by atoms with van der Waals surface area (Å²) in [6, 6.07) is 0.439. The Hall–Kier alpha value is -0.120. The number of rotatable bonds is 5. The van der Waals surface area contributed by atoms with E-state index in [1.54, 1.807) is 0 Å². The van der Waals surface area contributed by atoms with Gasteiger partial charge in [0.2, 0.25) is 0 Å². The van der Waals surface area contributed by atoms with Gasteiger partial charge in [0, 0.05) is 45.3 Å². The summed E-state index contributed by atoms with van der Waals surface area (Å²) < 4.78 is 0. The molecule has 3 nitrogen and oxygen atoms in total. The van der Waals surface area contributed by atoms with Gasteiger partial charge in [-0.05, 0) is 42.9 Å². The summed E-state index contributed by atoms with van der Waals surface area (Å²) in [4.78, 5) is 5.29. The molecule has 2 aliphatic rings. The predicted molar refractivity (Wildman–Crippen MR) is 91.4 cm³/mol. The Kier molecular flexibility index (Phi) is 6.51. The molecule has 0 amide bonds. The molecule has 3 atom stereocenters. The standard InChI is InChI=1S/C18H37N3/c1-14(2)12-20-7-9-21(10-8-20)13-17-11-16(15(3)4)5-6-18(17)19/h14-18H,5-13,19H2,1-4H3. The maximum atomic E-state index is 6.41. The summed E-state index contributed by atoms with van der Waals surface area (Å²) in [5.74, 6) is 3.23. The Bertz CT molecular complexity index is 295. The minimum Gasteiger partial charge on any atom is -0.327 e. The Morgan fingerprint density at radius 2 is 1.57 bits per heavy atom. The molecule has 21 heavy (non-hydrogen) atoms. The highest BCUT2D eigenvalue weighted by atomic mass is 15.3. The van der Waals surface area contributed by atoms with Crippen LogP contribution in [0.5, 0.6) is 0 Å². The fourth-order valence-corrected chi connectivity index (χ4v) is 4.14. The first-order valence-corrected chi connectivity index (χ1v) is 9.16. The topological polar surface area (TPSA) is 32.5 Å². The summed E-state index contributed by atoms with van der Waals surface area (Å²) in [7, 11) is 0. The van der Waals surface area contributed by atoms with E-state index in [0.717, 1.165) is 23.7 Å². The molecule has 1 aliphatic carbocycles. The fraction of sp³-hybridized carbons (Fsp3) is 1.00. The highest BCUT2D eigenvalue weighted by Gasteiger charge is 2.31. The molecule has 3 unspecified atom stereocenters. The average molecular weight is 296 g/mol. The van der Waals surface area contributed by atoms with Crippen molar-refractivity contribution in [3.8, 4) is 0 Å². The van der Waals surface area contributed by atoms with Crippen LogP contribution in [-0.2, 0) is 0 Å². The molecule has 3 heteroatoms. The summed E-state index contributed by atoms with van der Waals surface area (Å²) in [6.45, 7) is 16.9. The van der Waals surface area contributed by atoms with Crippen molar-refractivity contribution in [2.24, 2.45) is 29.4 Å². The molecule has 0 aromatic carbocycles. The second kappa shape index (κ2) is 7.94. The van der Waals surface area contributed by atoms with E-state index in [1.807, 2.05) is 0 Å². The number of hydrogen-bond acceptors (Lipinski definition) is 3. The van der Waals surface area contributed by atoms with Gasteiger partial charge in [-0.3, -0.25) is 0 Å². The lowest BCUT2D eigenvalue weighted by atomic mass is 9.73. The van der Waals surface area contributed by atoms with E-state index in [0.29, 0.717) is 6.04 Å². The van der Waals surface area contributed by atoms with Crippen LogP contribution in [0.25, 0.3) is 0 Å². The summed E-state index contributed by atoms with van der Waals surface area (Å²) >= 11 is 0. The van der Waals surface area contributed by atoms with Crippen LogP contribution in [0.3, 0.4) is 0 Å². The van der Waals surface area contributed by atoms with Gasteiger partial charge in [0.15, 0.2) is 0 Å². The van der Waals surface area contributed by atoms with Gasteiger partial charge in [0.05, 0.1) is 0 Å². The zero-order chi connectivity index (χ0) is 15.4. The largest absolute Gasteiger partial charge is 0.327 e. The Morgan fingerprint density at radius 3 is 2.14 bits per heavy atom. The van der Waals surface area contributed by atoms with Gasteiger partial charge in [0.25, 0.3) is 0 Å². The molecule has 1 aliphatic heterocycles. The summed E-state index contributed by atoms with van der Waals surface area (Å²) in [5, 5.41) is 0. The molecule has 1 saturated carbocycles. The average Bonchev–Trinajstić information content (AvgIpc) is 2.42. The lowest BCUT2D eigenvalue weighted by molar-refractivity contribution is 0.0841. The summed E-state index contributed by atoms with van der Waals surface area (Å²) in [5.41, 5.74) is 6.41. The normalized spacial score (nSPS) is 33.0. The third kappa shape index (κ3) is 5.22. The van der Waals surface area contributed by atoms with Crippen LogP contribution in [0.15, 0.2) is 0 Å². The van der Waals surface area contributed by atoms with E-state index >= 15 is 0 Å². The third-order valence-electron chi connectivity index (χ3n) is 5.61. The van der Waals surface area contributed by atoms with Crippen molar-refractivity contribution in [2.45, 2.75) is 53.0 Å². The maximum absolute atomic E-state index is 6.41. The van der Waals surface area contributed by atoms with Crippen LogP contribution in [-0.4, -0.2) is 55.1 Å². The van der Waals surface area contributed by atoms with Crippen LogP contribution in [0.1, 0.15) is 47.0 Å². The van der Waals surface area contributed by atoms with E-state index < -0.39 is 0 Å². The van der Waals surface area contributed by atoms with Crippen LogP contribution >= 0.6 is 0 Å². The van der Waals surface area contributed by atoms with Gasteiger partial charge >= 0.3 is 0 Å². The number of hydrogen-bond donors (Lipinski definition) is 1. The molecule has 0 spiro atoms. The minimum absolute atomic E-state index is 0.439. The van der Waals surface area contributed by atoms with Crippen molar-refractivity contribution in [2.75, 3.05) is 39.3 Å². The molecule has 2 fully saturated rings. The SMILES string of the molecule is CC(C)CN1CCN(CC2CC(C(C)C)CCC2N)CC1. The smallest absolute Gasteiger partial charge is 0.0110 e. The first-order chi connectivity index (χ1) is 9.95. The Balaban J connectivity index is 1.76. The lowest BCUT2D eigenvalue weighted by Gasteiger charge is -2.41. The van der Waals surface area contributed by atoms with E-state index in [2.05, 4.69) is 37.5 Å². The monoisotopic (exact) mass is 295 g/mol. The van der Waals surface area contributed by atoms with Gasteiger partial charge in [0.1, 0.15) is 0 Å². The number of piperazine rings is 1. The molecule has 0 aromatic rings. The van der Waals surface area contributed by atoms with Crippen LogP contribution < -0.4 is 5.73 Å². The zero-order valence-electron chi connectivity index (χ0n) is 14.7. The first kappa shape index (κ1) is 17.2. The molecule has 0 radical (unpaired) electrons. The van der Waals surface area contributed by atoms with Gasteiger partial charge < -0.3 is 15.5 Å². The van der Waals surface area contributed by atoms with Crippen molar-refractivity contribution in [3.63, 3.8) is 0 Å². The molecule has 124 valence electrons. The third-order valence-corrected chi connectivity index (χ3v) is 5.61. The van der Waals surface area contributed by atoms with E-state index in [4.69, 9.17) is 5.73 Å². The first-order valence-electron chi connectivity index (χ1n) is 9.16. The maximum Gasteiger partial charge on any atom is 0.0110 e. The fourth-order valence-electron chi connectivity index (χ4n) is 4.14. The quantitative estimate of drug-likeness (QED) is 0.846. The predicted octanol–water partition coefficient (Wildman–Crippen LogP) is 2.66. The summed E-state index contributed by atoms with van der Waals surface area (Å²) in [6.07, 6.45) is 3.93. The number of nitrogens with zero attached hydrogens (tertiary/aromatic N) is 2. The highest BCUT2D eigenvalue weighted by Crippen LogP contribution is 2.33. The second-order valence-electron chi connectivity index (χ2n) is 8.24. The molecule has 0 aromatic heterocycles. The molecular weight excluding hydrogens is 258 g/mol. The van der Waals surface area contributed by atoms with Crippen LogP contribution in [0.2, 0.25) is 0 Å². The Morgan fingerprint density at radius 1 is 0.952 bits per heavy atom. The van der Waals surface area contributed by atoms with Crippen molar-refractivity contribution in [1.29, 1.82) is 0 Å². The van der Waals surface area contributed by atoms with Crippen molar-refractivity contribution < 1.29 is 0 Å². The molecule has 1 saturated heterocycles. The number of nitrogens with two attached hydrogens (primary N) is 1. The van der Waals surface area contributed by atoms with Gasteiger partial charge in [-0.1, -0.05) is 27.7 Å². The minimum atomic E-state index is 0.439. The van der Waals surface area contributed by atoms with Gasteiger partial charge in [-0.2, -0.15) is 0 Å². The zero-order valence-corrected chi connectivity index (χ0v) is 14.7. The van der Waals surface area contributed by atoms with Crippen LogP contribution in [0, 0.1) is 23.7 Å². The van der Waals surface area contributed by atoms with E-state index in [9.17, 15) is 0 Å². The second-order valence-corrected chi connectivity index (χ2v) is 8.24. The molecule has 2 rings (SSSR count). The van der Waals surface area contributed by atoms with Gasteiger partial charge in [-0.15, -0.1) is 0 Å². The Labute approximate surface area is 132 Å². The van der Waals surface area contributed by atoms with Crippen molar-refractivity contribution in [1.82, 2.24) is 9.80 Å². The van der Waals surface area contributed by atoms with Crippen molar-refractivity contribution >= 4 is 0 Å². The molecule has 1 heterocycles. The molecular formula is C18H37N3. The molecule has 2 N–H and O–H groups in total. The van der Waals surface area contributed by atoms with Crippen LogP contribution in [0.4, 0.5) is 0 Å². The molecule has 0 bridgehead atoms.